The number of aryl methyl sites for hydroxylation is 1. The molecular weight excluding hydrogens is 412 g/mol. The van der Waals surface area contributed by atoms with Crippen LogP contribution in [0.1, 0.15) is 43.5 Å². The van der Waals surface area contributed by atoms with Crippen molar-refractivity contribution >= 4 is 15.9 Å². The van der Waals surface area contributed by atoms with Gasteiger partial charge in [0, 0.05) is 38.4 Å². The summed E-state index contributed by atoms with van der Waals surface area (Å²) in [4.78, 5) is 16.6. The Morgan fingerprint density at radius 1 is 1.16 bits per heavy atom. The van der Waals surface area contributed by atoms with E-state index in [-0.39, 0.29) is 16.3 Å². The summed E-state index contributed by atoms with van der Waals surface area (Å²) >= 11 is 0. The summed E-state index contributed by atoms with van der Waals surface area (Å²) in [6.45, 7) is 5.68. The van der Waals surface area contributed by atoms with E-state index in [0.29, 0.717) is 37.0 Å². The number of amides is 1. The number of carbonyl (C=O) groups excluding carboxylic acids is 1. The predicted octanol–water partition coefficient (Wildman–Crippen LogP) is 2.91. The Morgan fingerprint density at radius 2 is 1.81 bits per heavy atom. The molecule has 8 heteroatoms. The molecule has 3 fully saturated rings. The number of nitrogens with one attached hydrogen (secondary N) is 1. The van der Waals surface area contributed by atoms with Crippen molar-refractivity contribution in [1.29, 1.82) is 0 Å². The van der Waals surface area contributed by atoms with Gasteiger partial charge in [0.1, 0.15) is 0 Å². The van der Waals surface area contributed by atoms with Crippen molar-refractivity contribution in [3.8, 4) is 0 Å². The van der Waals surface area contributed by atoms with Gasteiger partial charge in [0.15, 0.2) is 5.03 Å². The zero-order valence-electron chi connectivity index (χ0n) is 18.5. The molecule has 168 valence electrons. The third-order valence-electron chi connectivity index (χ3n) is 6.92. The van der Waals surface area contributed by atoms with Crippen molar-refractivity contribution < 1.29 is 13.2 Å². The smallest absolute Gasteiger partial charge is 0.262 e. The summed E-state index contributed by atoms with van der Waals surface area (Å²) in [5, 5.41) is 3.25. The molecule has 1 aromatic heterocycles. The molecule has 2 saturated carbocycles. The number of sulfonamides is 1. The standard InChI is InChI=1S/C21H26N4O3S.C2H6/c1-24-12-19(23-14-24)29(27,28)25-10-17-18(11-25)21(17,9-15-7-8-15)13-22-20(26)16-5-3-2-4-6-16;1-2/h2-6,12,14-15,17-18H,7-11,13H2,1H3,(H,22,26);1-2H3. The van der Waals surface area contributed by atoms with Gasteiger partial charge in [-0.1, -0.05) is 44.9 Å². The van der Waals surface area contributed by atoms with Crippen molar-refractivity contribution in [2.24, 2.45) is 30.2 Å². The van der Waals surface area contributed by atoms with Gasteiger partial charge >= 0.3 is 0 Å². The second kappa shape index (κ2) is 8.39. The second-order valence-electron chi connectivity index (χ2n) is 8.84. The Kier molecular flexibility index (Phi) is 5.96. The average Bonchev–Trinajstić information content (AvgIpc) is 3.54. The topological polar surface area (TPSA) is 84.3 Å². The van der Waals surface area contributed by atoms with E-state index in [1.807, 2.05) is 44.2 Å². The van der Waals surface area contributed by atoms with E-state index in [4.69, 9.17) is 0 Å². The SMILES string of the molecule is CC.Cn1cnc(S(=O)(=O)N2CC3C(C2)C3(CNC(=O)c2ccccc2)CC2CC2)c1. The molecule has 3 aliphatic rings. The highest BCUT2D eigenvalue weighted by molar-refractivity contribution is 7.89. The van der Waals surface area contributed by atoms with Crippen molar-refractivity contribution in [3.63, 3.8) is 0 Å². The Hall–Kier alpha value is -2.19. The van der Waals surface area contributed by atoms with Crippen LogP contribution in [0.4, 0.5) is 0 Å². The molecule has 1 aliphatic heterocycles. The van der Waals surface area contributed by atoms with Crippen LogP contribution in [0.5, 0.6) is 0 Å². The molecule has 5 rings (SSSR count). The molecule has 0 bridgehead atoms. The highest BCUT2D eigenvalue weighted by atomic mass is 32.2. The summed E-state index contributed by atoms with van der Waals surface area (Å²) in [6, 6.07) is 9.25. The van der Waals surface area contributed by atoms with E-state index in [1.165, 1.54) is 19.2 Å². The number of imidazole rings is 1. The van der Waals surface area contributed by atoms with Crippen molar-refractivity contribution in [1.82, 2.24) is 19.2 Å². The third-order valence-corrected chi connectivity index (χ3v) is 8.64. The normalized spacial score (nSPS) is 27.2. The zero-order chi connectivity index (χ0) is 22.2. The summed E-state index contributed by atoms with van der Waals surface area (Å²) in [5.41, 5.74) is 0.709. The van der Waals surface area contributed by atoms with Gasteiger partial charge < -0.3 is 9.88 Å². The van der Waals surface area contributed by atoms with Crippen molar-refractivity contribution in [2.45, 2.75) is 38.1 Å². The van der Waals surface area contributed by atoms with Crippen LogP contribution >= 0.6 is 0 Å². The molecule has 7 nitrogen and oxygen atoms in total. The molecule has 2 atom stereocenters. The van der Waals surface area contributed by atoms with Crippen molar-refractivity contribution in [3.05, 3.63) is 48.4 Å². The van der Waals surface area contributed by atoms with Crippen LogP contribution in [0.3, 0.4) is 0 Å². The molecular formula is C23H32N4O3S. The van der Waals surface area contributed by atoms with E-state index in [1.54, 1.807) is 22.1 Å². The molecule has 2 heterocycles. The highest BCUT2D eigenvalue weighted by Crippen LogP contribution is 2.67. The summed E-state index contributed by atoms with van der Waals surface area (Å²) in [7, 11) is -1.78. The first-order valence-corrected chi connectivity index (χ1v) is 12.7. The maximum absolute atomic E-state index is 12.9. The number of aromatic nitrogens is 2. The summed E-state index contributed by atoms with van der Waals surface area (Å²) in [5.74, 6) is 1.31. The molecule has 2 aliphatic carbocycles. The molecule has 0 radical (unpaired) electrons. The van der Waals surface area contributed by atoms with Crippen LogP contribution in [-0.2, 0) is 17.1 Å². The Balaban J connectivity index is 0.00000112. The van der Waals surface area contributed by atoms with Gasteiger partial charge in [-0.15, -0.1) is 0 Å². The van der Waals surface area contributed by atoms with E-state index in [2.05, 4.69) is 10.3 Å². The lowest BCUT2D eigenvalue weighted by molar-refractivity contribution is 0.0937. The lowest BCUT2D eigenvalue weighted by Crippen LogP contribution is -2.39. The third kappa shape index (κ3) is 4.15. The van der Waals surface area contributed by atoms with E-state index in [9.17, 15) is 13.2 Å². The minimum Gasteiger partial charge on any atom is -0.351 e. The van der Waals surface area contributed by atoms with E-state index in [0.717, 1.165) is 12.3 Å². The Labute approximate surface area is 184 Å². The molecule has 1 amide bonds. The van der Waals surface area contributed by atoms with Gasteiger partial charge in [0.2, 0.25) is 0 Å². The number of hydrogen-bond acceptors (Lipinski definition) is 4. The lowest BCUT2D eigenvalue weighted by Gasteiger charge is -2.26. The molecule has 31 heavy (non-hydrogen) atoms. The van der Waals surface area contributed by atoms with Crippen LogP contribution in [0.15, 0.2) is 47.9 Å². The molecule has 1 aromatic carbocycles. The number of nitrogens with zero attached hydrogens (tertiary/aromatic N) is 3. The Bertz CT molecular complexity index is 1020. The van der Waals surface area contributed by atoms with Gasteiger partial charge in [-0.3, -0.25) is 4.79 Å². The average molecular weight is 445 g/mol. The van der Waals surface area contributed by atoms with Crippen LogP contribution in [0, 0.1) is 23.2 Å². The first-order valence-electron chi connectivity index (χ1n) is 11.2. The maximum atomic E-state index is 12.9. The summed E-state index contributed by atoms with van der Waals surface area (Å²) in [6.07, 6.45) is 6.67. The molecule has 2 unspecified atom stereocenters. The first-order chi connectivity index (χ1) is 14.9. The highest BCUT2D eigenvalue weighted by Gasteiger charge is 2.69. The van der Waals surface area contributed by atoms with Crippen LogP contribution in [-0.4, -0.2) is 47.8 Å². The number of carbonyl (C=O) groups is 1. The minimum atomic E-state index is -3.54. The summed E-state index contributed by atoms with van der Waals surface area (Å²) < 4.78 is 29.0. The van der Waals surface area contributed by atoms with Crippen LogP contribution in [0.2, 0.25) is 0 Å². The number of fused-ring (bicyclic) bond motifs is 1. The largest absolute Gasteiger partial charge is 0.351 e. The minimum absolute atomic E-state index is 0.0434. The number of hydrogen-bond donors (Lipinski definition) is 1. The molecule has 1 N–H and O–H groups in total. The van der Waals surface area contributed by atoms with E-state index < -0.39 is 10.0 Å². The van der Waals surface area contributed by atoms with Gasteiger partial charge in [-0.05, 0) is 41.7 Å². The molecule has 0 spiro atoms. The fourth-order valence-electron chi connectivity index (χ4n) is 5.09. The quantitative estimate of drug-likeness (QED) is 0.712. The first kappa shape index (κ1) is 22.0. The lowest BCUT2D eigenvalue weighted by atomic mass is 9.92. The number of benzene rings is 1. The van der Waals surface area contributed by atoms with Gasteiger partial charge in [-0.2, -0.15) is 4.31 Å². The van der Waals surface area contributed by atoms with Gasteiger partial charge in [0.05, 0.1) is 6.33 Å². The zero-order valence-corrected chi connectivity index (χ0v) is 19.3. The number of rotatable bonds is 7. The van der Waals surface area contributed by atoms with Gasteiger partial charge in [0.25, 0.3) is 15.9 Å². The van der Waals surface area contributed by atoms with E-state index >= 15 is 0 Å². The van der Waals surface area contributed by atoms with Gasteiger partial charge in [-0.25, -0.2) is 13.4 Å². The number of piperidine rings is 1. The fourth-order valence-corrected chi connectivity index (χ4v) is 6.54. The van der Waals surface area contributed by atoms with Crippen LogP contribution in [0.25, 0.3) is 0 Å². The fraction of sp³-hybridized carbons (Fsp3) is 0.565. The van der Waals surface area contributed by atoms with Crippen molar-refractivity contribution in [2.75, 3.05) is 19.6 Å². The molecule has 2 aromatic rings. The predicted molar refractivity (Wildman–Crippen MR) is 119 cm³/mol. The molecule has 1 saturated heterocycles. The monoisotopic (exact) mass is 444 g/mol. The second-order valence-corrected chi connectivity index (χ2v) is 10.7. The maximum Gasteiger partial charge on any atom is 0.262 e. The van der Waals surface area contributed by atoms with Crippen LogP contribution < -0.4 is 5.32 Å². The Morgan fingerprint density at radius 3 is 2.35 bits per heavy atom.